The lowest BCUT2D eigenvalue weighted by molar-refractivity contribution is 0.251. The monoisotopic (exact) mass is 411 g/mol. The van der Waals surface area contributed by atoms with Crippen molar-refractivity contribution in [2.75, 3.05) is 31.1 Å². The summed E-state index contributed by atoms with van der Waals surface area (Å²) < 4.78 is 1.48. The Bertz CT molecular complexity index is 1100. The molecule has 1 saturated heterocycles. The van der Waals surface area contributed by atoms with Gasteiger partial charge in [-0.2, -0.15) is 0 Å². The molecule has 0 aliphatic carbocycles. The van der Waals surface area contributed by atoms with Gasteiger partial charge in [-0.05, 0) is 40.8 Å². The van der Waals surface area contributed by atoms with Crippen LogP contribution in [0.4, 0.5) is 5.82 Å². The molecule has 3 aromatic heterocycles. The van der Waals surface area contributed by atoms with Gasteiger partial charge >= 0.3 is 0 Å². The van der Waals surface area contributed by atoms with Crippen LogP contribution < -0.4 is 4.90 Å². The molecular formula is C19H18ClN7S. The van der Waals surface area contributed by atoms with Crippen LogP contribution in [0.2, 0.25) is 5.02 Å². The van der Waals surface area contributed by atoms with E-state index in [1.54, 1.807) is 0 Å². The molecule has 4 heterocycles. The molecule has 142 valence electrons. The highest BCUT2D eigenvalue weighted by Crippen LogP contribution is 2.33. The smallest absolute Gasteiger partial charge is 0.200 e. The third kappa shape index (κ3) is 3.46. The van der Waals surface area contributed by atoms with Gasteiger partial charge in [-0.1, -0.05) is 29.8 Å². The average Bonchev–Trinajstić information content (AvgIpc) is 3.38. The maximum Gasteiger partial charge on any atom is 0.200 e. The third-order valence-corrected chi connectivity index (χ3v) is 6.37. The van der Waals surface area contributed by atoms with E-state index in [2.05, 4.69) is 48.6 Å². The summed E-state index contributed by atoms with van der Waals surface area (Å²) in [6.45, 7) is 4.82. The molecule has 0 spiro atoms. The van der Waals surface area contributed by atoms with Crippen molar-refractivity contribution in [2.45, 2.75) is 6.54 Å². The molecule has 7 nitrogen and oxygen atoms in total. The Kier molecular flexibility index (Phi) is 4.67. The molecule has 1 aliphatic rings. The van der Waals surface area contributed by atoms with Crippen molar-refractivity contribution in [1.29, 1.82) is 0 Å². The van der Waals surface area contributed by atoms with Gasteiger partial charge in [0, 0.05) is 53.1 Å². The first kappa shape index (κ1) is 17.5. The normalized spacial score (nSPS) is 15.4. The summed E-state index contributed by atoms with van der Waals surface area (Å²) in [5.74, 6) is 0.913. The lowest BCUT2D eigenvalue weighted by atomic mass is 10.2. The van der Waals surface area contributed by atoms with Gasteiger partial charge in [0.2, 0.25) is 0 Å². The molecule has 1 aromatic carbocycles. The van der Waals surface area contributed by atoms with Crippen molar-refractivity contribution >= 4 is 34.4 Å². The number of anilines is 1. The Morgan fingerprint density at radius 2 is 1.82 bits per heavy atom. The number of hydrogen-bond donors (Lipinski definition) is 0. The number of rotatable bonds is 4. The first-order valence-electron chi connectivity index (χ1n) is 9.13. The van der Waals surface area contributed by atoms with Crippen molar-refractivity contribution in [3.05, 3.63) is 58.4 Å². The first-order chi connectivity index (χ1) is 13.8. The lowest BCUT2D eigenvalue weighted by Crippen LogP contribution is -2.46. The van der Waals surface area contributed by atoms with Gasteiger partial charge in [0.05, 0.1) is 0 Å². The highest BCUT2D eigenvalue weighted by molar-refractivity contribution is 7.15. The van der Waals surface area contributed by atoms with Crippen molar-refractivity contribution in [3.63, 3.8) is 0 Å². The fraction of sp³-hybridized carbons (Fsp3) is 0.263. The maximum absolute atomic E-state index is 6.33. The third-order valence-electron chi connectivity index (χ3n) is 4.93. The van der Waals surface area contributed by atoms with Crippen LogP contribution in [0.5, 0.6) is 0 Å². The first-order valence-corrected chi connectivity index (χ1v) is 10.3. The second kappa shape index (κ2) is 7.46. The zero-order chi connectivity index (χ0) is 18.9. The Morgan fingerprint density at radius 3 is 2.68 bits per heavy atom. The number of fused-ring (bicyclic) bond motifs is 1. The number of aromatic nitrogens is 5. The second-order valence-corrected chi connectivity index (χ2v) is 8.30. The minimum Gasteiger partial charge on any atom is -0.353 e. The van der Waals surface area contributed by atoms with E-state index in [-0.39, 0.29) is 0 Å². The van der Waals surface area contributed by atoms with Crippen LogP contribution in [0.25, 0.3) is 16.1 Å². The minimum absolute atomic E-state index is 0.661. The standard InChI is InChI=1S/C19H18ClN7S/c20-16-4-2-1-3-15(16)17-6-5-14(28-17)13-25-9-11-26(12-10-25)19-8-7-18-21-23-24-27(18)22-19/h1-8H,9-13H2. The Labute approximate surface area is 171 Å². The van der Waals surface area contributed by atoms with E-state index in [0.29, 0.717) is 5.65 Å². The van der Waals surface area contributed by atoms with Crippen molar-refractivity contribution in [3.8, 4) is 10.4 Å². The fourth-order valence-corrected chi connectivity index (χ4v) is 4.82. The van der Waals surface area contributed by atoms with Gasteiger partial charge in [0.1, 0.15) is 0 Å². The summed E-state index contributed by atoms with van der Waals surface area (Å²) in [5.41, 5.74) is 1.77. The highest BCUT2D eigenvalue weighted by atomic mass is 35.5. The summed E-state index contributed by atoms with van der Waals surface area (Å²) >= 11 is 8.15. The second-order valence-electron chi connectivity index (χ2n) is 6.73. The number of hydrogen-bond acceptors (Lipinski definition) is 7. The van der Waals surface area contributed by atoms with Gasteiger partial charge in [0.15, 0.2) is 11.5 Å². The van der Waals surface area contributed by atoms with E-state index in [1.165, 1.54) is 14.4 Å². The largest absolute Gasteiger partial charge is 0.353 e. The van der Waals surface area contributed by atoms with Crippen molar-refractivity contribution in [2.24, 2.45) is 0 Å². The molecule has 0 unspecified atom stereocenters. The van der Waals surface area contributed by atoms with Gasteiger partial charge in [-0.15, -0.1) is 26.2 Å². The Balaban J connectivity index is 1.22. The highest BCUT2D eigenvalue weighted by Gasteiger charge is 2.19. The number of nitrogens with zero attached hydrogens (tertiary/aromatic N) is 7. The molecule has 1 fully saturated rings. The number of halogens is 1. The summed E-state index contributed by atoms with van der Waals surface area (Å²) in [5, 5.41) is 16.7. The number of tetrazole rings is 1. The van der Waals surface area contributed by atoms with E-state index in [1.807, 2.05) is 41.7 Å². The van der Waals surface area contributed by atoms with Crippen molar-refractivity contribution < 1.29 is 0 Å². The van der Waals surface area contributed by atoms with Crippen LogP contribution in [0, 0.1) is 0 Å². The topological polar surface area (TPSA) is 62.5 Å². The molecule has 1 aliphatic heterocycles. The molecule has 0 N–H and O–H groups in total. The SMILES string of the molecule is Clc1ccccc1-c1ccc(CN2CCN(c3ccc4nnnn4n3)CC2)s1. The van der Waals surface area contributed by atoms with E-state index < -0.39 is 0 Å². The molecule has 4 aromatic rings. The molecule has 9 heteroatoms. The van der Waals surface area contributed by atoms with Crippen LogP contribution in [-0.2, 0) is 6.54 Å². The Hall–Kier alpha value is -2.55. The van der Waals surface area contributed by atoms with Crippen LogP contribution in [0.1, 0.15) is 4.88 Å². The number of thiophene rings is 1. The molecule has 0 radical (unpaired) electrons. The zero-order valence-electron chi connectivity index (χ0n) is 15.1. The molecule has 5 rings (SSSR count). The summed E-state index contributed by atoms with van der Waals surface area (Å²) in [6, 6.07) is 16.3. The van der Waals surface area contributed by atoms with Gasteiger partial charge in [-0.3, -0.25) is 4.90 Å². The van der Waals surface area contributed by atoms with Crippen LogP contribution in [0.15, 0.2) is 48.5 Å². The lowest BCUT2D eigenvalue weighted by Gasteiger charge is -2.34. The Morgan fingerprint density at radius 1 is 0.964 bits per heavy atom. The van der Waals surface area contributed by atoms with E-state index in [4.69, 9.17) is 11.6 Å². The van der Waals surface area contributed by atoms with Crippen LogP contribution in [0.3, 0.4) is 0 Å². The summed E-state index contributed by atoms with van der Waals surface area (Å²) in [7, 11) is 0. The summed E-state index contributed by atoms with van der Waals surface area (Å²) in [4.78, 5) is 7.34. The van der Waals surface area contributed by atoms with E-state index >= 15 is 0 Å². The average molecular weight is 412 g/mol. The maximum atomic E-state index is 6.33. The fourth-order valence-electron chi connectivity index (χ4n) is 3.43. The molecular weight excluding hydrogens is 394 g/mol. The van der Waals surface area contributed by atoms with Gasteiger partial charge in [0.25, 0.3) is 0 Å². The summed E-state index contributed by atoms with van der Waals surface area (Å²) in [6.07, 6.45) is 0. The van der Waals surface area contributed by atoms with Crippen molar-refractivity contribution in [1.82, 2.24) is 30.2 Å². The number of piperazine rings is 1. The molecule has 0 bridgehead atoms. The zero-order valence-corrected chi connectivity index (χ0v) is 16.6. The van der Waals surface area contributed by atoms with Gasteiger partial charge in [-0.25, -0.2) is 0 Å². The molecule has 28 heavy (non-hydrogen) atoms. The quantitative estimate of drug-likeness (QED) is 0.513. The van der Waals surface area contributed by atoms with Gasteiger partial charge < -0.3 is 4.90 Å². The molecule has 0 amide bonds. The van der Waals surface area contributed by atoms with Crippen LogP contribution in [-0.4, -0.2) is 56.3 Å². The molecule has 0 atom stereocenters. The van der Waals surface area contributed by atoms with E-state index in [9.17, 15) is 0 Å². The number of benzene rings is 1. The van der Waals surface area contributed by atoms with Crippen LogP contribution >= 0.6 is 22.9 Å². The molecule has 0 saturated carbocycles. The predicted octanol–water partition coefficient (Wildman–Crippen LogP) is 3.22. The minimum atomic E-state index is 0.661. The predicted molar refractivity (Wildman–Crippen MR) is 111 cm³/mol. The van der Waals surface area contributed by atoms with E-state index in [0.717, 1.165) is 49.1 Å².